The summed E-state index contributed by atoms with van der Waals surface area (Å²) in [5, 5.41) is 20.9. The smallest absolute Gasteiger partial charge is 0.119 e. The van der Waals surface area contributed by atoms with Gasteiger partial charge in [-0.1, -0.05) is 43.2 Å². The van der Waals surface area contributed by atoms with E-state index in [1.54, 1.807) is 12.1 Å². The molecule has 2 aromatic carbocycles. The Hall–Kier alpha value is -2.35. The second-order valence-corrected chi connectivity index (χ2v) is 9.13. The van der Waals surface area contributed by atoms with E-state index in [-0.39, 0.29) is 0 Å². The van der Waals surface area contributed by atoms with Crippen LogP contribution in [0.2, 0.25) is 0 Å². The molecule has 0 radical (unpaired) electrons. The number of hydrogen-bond acceptors (Lipinski definition) is 4. The highest BCUT2D eigenvalue weighted by atomic mass is 16.5. The van der Waals surface area contributed by atoms with Crippen LogP contribution >= 0.6 is 0 Å². The number of nitrogens with zero attached hydrogens (tertiary/aromatic N) is 2. The summed E-state index contributed by atoms with van der Waals surface area (Å²) in [6.45, 7) is 3.80. The minimum absolute atomic E-state index is 0.337. The summed E-state index contributed by atoms with van der Waals surface area (Å²) in [4.78, 5) is 2.51. The Morgan fingerprint density at radius 3 is 2.23 bits per heavy atom. The first-order valence-electron chi connectivity index (χ1n) is 11.8. The monoisotopic (exact) mass is 418 g/mol. The van der Waals surface area contributed by atoms with Crippen molar-refractivity contribution in [1.29, 1.82) is 5.26 Å². The van der Waals surface area contributed by atoms with Gasteiger partial charge in [0, 0.05) is 6.54 Å². The topological polar surface area (TPSA) is 56.5 Å². The molecule has 2 aromatic rings. The summed E-state index contributed by atoms with van der Waals surface area (Å²) in [7, 11) is 0. The maximum absolute atomic E-state index is 12.0. The zero-order valence-corrected chi connectivity index (χ0v) is 18.4. The third-order valence-corrected chi connectivity index (χ3v) is 7.29. The van der Waals surface area contributed by atoms with Crippen LogP contribution in [0.1, 0.15) is 56.1 Å². The van der Waals surface area contributed by atoms with Gasteiger partial charge in [0.25, 0.3) is 0 Å². The fourth-order valence-electron chi connectivity index (χ4n) is 5.58. The standard InChI is InChI=1S/C27H34N2O2/c28-21-22-11-13-26(14-12-22)31-20-6-17-29-18-15-25(16-19-29)27(30,24-9-4-5-10-24)23-7-2-1-3-8-23/h1-3,7-8,11-14,24-25,30H,4-6,9-10,15-20H2/t27-/m0/s1. The maximum atomic E-state index is 12.0. The molecule has 4 nitrogen and oxygen atoms in total. The molecule has 4 rings (SSSR count). The van der Waals surface area contributed by atoms with Crippen LogP contribution in [0.3, 0.4) is 0 Å². The maximum Gasteiger partial charge on any atom is 0.119 e. The van der Waals surface area contributed by atoms with E-state index in [4.69, 9.17) is 10.00 Å². The molecule has 1 saturated heterocycles. The molecule has 1 heterocycles. The molecule has 31 heavy (non-hydrogen) atoms. The van der Waals surface area contributed by atoms with E-state index in [0.29, 0.717) is 24.0 Å². The largest absolute Gasteiger partial charge is 0.494 e. The summed E-state index contributed by atoms with van der Waals surface area (Å²) < 4.78 is 5.82. The lowest BCUT2D eigenvalue weighted by Gasteiger charge is -2.45. The lowest BCUT2D eigenvalue weighted by atomic mass is 9.68. The third-order valence-electron chi connectivity index (χ3n) is 7.29. The van der Waals surface area contributed by atoms with Crippen molar-refractivity contribution in [2.24, 2.45) is 11.8 Å². The van der Waals surface area contributed by atoms with Gasteiger partial charge >= 0.3 is 0 Å². The first-order chi connectivity index (χ1) is 15.2. The molecule has 1 saturated carbocycles. The van der Waals surface area contributed by atoms with Crippen LogP contribution in [0.5, 0.6) is 5.75 Å². The van der Waals surface area contributed by atoms with E-state index in [2.05, 4.69) is 35.2 Å². The molecule has 1 aliphatic heterocycles. The normalized spacial score (nSPS) is 20.3. The summed E-state index contributed by atoms with van der Waals surface area (Å²) in [6, 6.07) is 19.9. The van der Waals surface area contributed by atoms with Gasteiger partial charge in [-0.15, -0.1) is 0 Å². The van der Waals surface area contributed by atoms with E-state index in [0.717, 1.165) is 63.1 Å². The van der Waals surface area contributed by atoms with Gasteiger partial charge < -0.3 is 14.7 Å². The highest BCUT2D eigenvalue weighted by molar-refractivity contribution is 5.34. The van der Waals surface area contributed by atoms with Gasteiger partial charge in [-0.05, 0) is 86.9 Å². The van der Waals surface area contributed by atoms with Crippen LogP contribution in [0.25, 0.3) is 0 Å². The molecular weight excluding hydrogens is 384 g/mol. The van der Waals surface area contributed by atoms with Crippen LogP contribution in [-0.4, -0.2) is 36.2 Å². The lowest BCUT2D eigenvalue weighted by Crippen LogP contribution is -2.47. The summed E-state index contributed by atoms with van der Waals surface area (Å²) in [5.41, 5.74) is 1.10. The number of aliphatic hydroxyl groups is 1. The second kappa shape index (κ2) is 10.3. The van der Waals surface area contributed by atoms with Gasteiger partial charge in [0.2, 0.25) is 0 Å². The highest BCUT2D eigenvalue weighted by Gasteiger charge is 2.46. The Morgan fingerprint density at radius 1 is 0.935 bits per heavy atom. The molecule has 0 spiro atoms. The molecule has 4 heteroatoms. The van der Waals surface area contributed by atoms with Gasteiger partial charge in [0.15, 0.2) is 0 Å². The predicted molar refractivity (Wildman–Crippen MR) is 123 cm³/mol. The minimum atomic E-state index is -0.678. The van der Waals surface area contributed by atoms with Crippen LogP contribution in [0.15, 0.2) is 54.6 Å². The van der Waals surface area contributed by atoms with E-state index < -0.39 is 5.60 Å². The molecule has 0 aromatic heterocycles. The third kappa shape index (κ3) is 5.11. The van der Waals surface area contributed by atoms with E-state index in [9.17, 15) is 5.11 Å². The van der Waals surface area contributed by atoms with Crippen molar-refractivity contribution in [1.82, 2.24) is 4.90 Å². The number of nitriles is 1. The van der Waals surface area contributed by atoms with Gasteiger partial charge in [0.1, 0.15) is 5.75 Å². The Bertz CT molecular complexity index is 847. The van der Waals surface area contributed by atoms with E-state index in [1.165, 1.54) is 12.8 Å². The molecule has 1 atom stereocenters. The summed E-state index contributed by atoms with van der Waals surface area (Å²) in [6.07, 6.45) is 7.89. The fourth-order valence-corrected chi connectivity index (χ4v) is 5.58. The fraction of sp³-hybridized carbons (Fsp3) is 0.519. The van der Waals surface area contributed by atoms with Crippen LogP contribution < -0.4 is 4.74 Å². The lowest BCUT2D eigenvalue weighted by molar-refractivity contribution is -0.0934. The predicted octanol–water partition coefficient (Wildman–Crippen LogP) is 5.12. The Kier molecular flexibility index (Phi) is 7.27. The number of ether oxygens (including phenoxy) is 1. The van der Waals surface area contributed by atoms with Crippen molar-refractivity contribution >= 4 is 0 Å². The molecular formula is C27H34N2O2. The average Bonchev–Trinajstić information content (AvgIpc) is 3.38. The zero-order valence-electron chi connectivity index (χ0n) is 18.4. The summed E-state index contributed by atoms with van der Waals surface area (Å²) in [5.74, 6) is 1.55. The Labute approximate surface area is 186 Å². The van der Waals surface area contributed by atoms with Gasteiger partial charge in [-0.25, -0.2) is 0 Å². The molecule has 0 bridgehead atoms. The Morgan fingerprint density at radius 2 is 1.58 bits per heavy atom. The van der Waals surface area contributed by atoms with Crippen molar-refractivity contribution in [2.75, 3.05) is 26.2 Å². The van der Waals surface area contributed by atoms with E-state index in [1.807, 2.05) is 18.2 Å². The summed E-state index contributed by atoms with van der Waals surface area (Å²) >= 11 is 0. The number of piperidine rings is 1. The molecule has 2 fully saturated rings. The van der Waals surface area contributed by atoms with Crippen molar-refractivity contribution in [3.05, 3.63) is 65.7 Å². The molecule has 1 N–H and O–H groups in total. The number of rotatable bonds is 8. The average molecular weight is 419 g/mol. The first kappa shape index (κ1) is 21.9. The first-order valence-corrected chi connectivity index (χ1v) is 11.8. The van der Waals surface area contributed by atoms with Crippen molar-refractivity contribution < 1.29 is 9.84 Å². The van der Waals surface area contributed by atoms with Crippen molar-refractivity contribution in [3.8, 4) is 11.8 Å². The quantitative estimate of drug-likeness (QED) is 0.605. The Balaban J connectivity index is 1.27. The van der Waals surface area contributed by atoms with Crippen LogP contribution in [0, 0.1) is 23.2 Å². The zero-order chi connectivity index (χ0) is 21.5. The minimum Gasteiger partial charge on any atom is -0.494 e. The number of hydrogen-bond donors (Lipinski definition) is 1. The van der Waals surface area contributed by atoms with Gasteiger partial charge in [-0.2, -0.15) is 5.26 Å². The van der Waals surface area contributed by atoms with Crippen LogP contribution in [0.4, 0.5) is 0 Å². The van der Waals surface area contributed by atoms with Crippen molar-refractivity contribution in [2.45, 2.75) is 50.5 Å². The molecule has 0 amide bonds. The second-order valence-electron chi connectivity index (χ2n) is 9.13. The molecule has 164 valence electrons. The van der Waals surface area contributed by atoms with E-state index >= 15 is 0 Å². The number of benzene rings is 2. The molecule has 2 aliphatic rings. The van der Waals surface area contributed by atoms with Gasteiger partial charge in [-0.3, -0.25) is 0 Å². The van der Waals surface area contributed by atoms with Gasteiger partial charge in [0.05, 0.1) is 23.8 Å². The highest BCUT2D eigenvalue weighted by Crippen LogP contribution is 2.48. The number of likely N-dealkylation sites (tertiary alicyclic amines) is 1. The molecule has 0 unspecified atom stereocenters. The SMILES string of the molecule is N#Cc1ccc(OCCCN2CCC([C@](O)(c3ccccc3)C3CCCC3)CC2)cc1. The molecule has 1 aliphatic carbocycles. The van der Waals surface area contributed by atoms with Crippen molar-refractivity contribution in [3.63, 3.8) is 0 Å². The van der Waals surface area contributed by atoms with Crippen LogP contribution in [-0.2, 0) is 5.60 Å².